The lowest BCUT2D eigenvalue weighted by Crippen LogP contribution is -2.18. The van der Waals surface area contributed by atoms with Crippen LogP contribution in [0.15, 0.2) is 29.7 Å². The van der Waals surface area contributed by atoms with Gasteiger partial charge >= 0.3 is 0 Å². The predicted octanol–water partition coefficient (Wildman–Crippen LogP) is 2.37. The standard InChI is InChI=1S/C12H11ClFNO3S/c13-9-2-1-3-10(12(9)14)15-11(16)6-8-4-5-19(17,18)7-8/h1-5,8H,6-7H2,(H,15,16). The Balaban J connectivity index is 1.99. The first-order chi connectivity index (χ1) is 8.87. The van der Waals surface area contributed by atoms with E-state index < -0.39 is 21.6 Å². The van der Waals surface area contributed by atoms with Crippen LogP contribution in [0.3, 0.4) is 0 Å². The smallest absolute Gasteiger partial charge is 0.225 e. The molecular weight excluding hydrogens is 293 g/mol. The van der Waals surface area contributed by atoms with Gasteiger partial charge in [0.2, 0.25) is 5.91 Å². The highest BCUT2D eigenvalue weighted by atomic mass is 35.5. The van der Waals surface area contributed by atoms with Crippen molar-refractivity contribution in [2.75, 3.05) is 11.1 Å². The Kier molecular flexibility index (Phi) is 3.91. The van der Waals surface area contributed by atoms with Crippen molar-refractivity contribution in [3.8, 4) is 0 Å². The molecule has 0 fully saturated rings. The Morgan fingerprint density at radius 1 is 1.47 bits per heavy atom. The molecule has 102 valence electrons. The zero-order valence-electron chi connectivity index (χ0n) is 9.77. The van der Waals surface area contributed by atoms with Crippen LogP contribution in [0.2, 0.25) is 5.02 Å². The van der Waals surface area contributed by atoms with Gasteiger partial charge in [-0.15, -0.1) is 0 Å². The van der Waals surface area contributed by atoms with Crippen molar-refractivity contribution in [1.82, 2.24) is 0 Å². The van der Waals surface area contributed by atoms with Crippen molar-refractivity contribution in [2.24, 2.45) is 5.92 Å². The normalized spacial score (nSPS) is 20.4. The highest BCUT2D eigenvalue weighted by Gasteiger charge is 2.24. The van der Waals surface area contributed by atoms with Crippen LogP contribution in [0.1, 0.15) is 6.42 Å². The molecule has 1 unspecified atom stereocenters. The van der Waals surface area contributed by atoms with Gasteiger partial charge in [0.1, 0.15) is 0 Å². The summed E-state index contributed by atoms with van der Waals surface area (Å²) >= 11 is 5.59. The summed E-state index contributed by atoms with van der Waals surface area (Å²) in [5.74, 6) is -1.61. The summed E-state index contributed by atoms with van der Waals surface area (Å²) in [5, 5.41) is 3.40. The number of hydrogen-bond acceptors (Lipinski definition) is 3. The van der Waals surface area contributed by atoms with Gasteiger partial charge in [-0.25, -0.2) is 12.8 Å². The maximum absolute atomic E-state index is 13.5. The fourth-order valence-corrected chi connectivity index (χ4v) is 3.38. The maximum Gasteiger partial charge on any atom is 0.225 e. The number of anilines is 1. The van der Waals surface area contributed by atoms with Gasteiger partial charge in [0.05, 0.1) is 16.5 Å². The molecule has 1 aromatic carbocycles. The third-order valence-electron chi connectivity index (χ3n) is 2.68. The largest absolute Gasteiger partial charge is 0.324 e. The molecule has 1 N–H and O–H groups in total. The molecule has 7 heteroatoms. The minimum absolute atomic E-state index is 0.0117. The molecule has 19 heavy (non-hydrogen) atoms. The molecule has 0 radical (unpaired) electrons. The van der Waals surface area contributed by atoms with Crippen molar-refractivity contribution in [3.63, 3.8) is 0 Å². The van der Waals surface area contributed by atoms with E-state index in [2.05, 4.69) is 5.32 Å². The highest BCUT2D eigenvalue weighted by molar-refractivity contribution is 7.94. The summed E-state index contributed by atoms with van der Waals surface area (Å²) in [5.41, 5.74) is -0.0117. The van der Waals surface area contributed by atoms with Crippen LogP contribution in [-0.4, -0.2) is 20.1 Å². The molecule has 1 heterocycles. The summed E-state index contributed by atoms with van der Waals surface area (Å²) in [7, 11) is -3.18. The average Bonchev–Trinajstić information content (AvgIpc) is 2.64. The van der Waals surface area contributed by atoms with Crippen LogP contribution in [-0.2, 0) is 14.6 Å². The average molecular weight is 304 g/mol. The Labute approximate surface area is 115 Å². The summed E-state index contributed by atoms with van der Waals surface area (Å²) < 4.78 is 35.9. The number of allylic oxidation sites excluding steroid dienone is 1. The van der Waals surface area contributed by atoms with E-state index in [1.54, 1.807) is 0 Å². The number of nitrogens with one attached hydrogen (secondary N) is 1. The SMILES string of the molecule is O=C(CC1C=CS(=O)(=O)C1)Nc1cccc(Cl)c1F. The molecule has 0 saturated heterocycles. The van der Waals surface area contributed by atoms with Gasteiger partial charge in [-0.05, 0) is 12.1 Å². The molecule has 0 spiro atoms. The Hall–Kier alpha value is -1.40. The van der Waals surface area contributed by atoms with Crippen molar-refractivity contribution in [1.29, 1.82) is 0 Å². The van der Waals surface area contributed by atoms with Crippen LogP contribution >= 0.6 is 11.6 Å². The number of carbonyl (C=O) groups is 1. The fraction of sp³-hybridized carbons (Fsp3) is 0.250. The second-order valence-electron chi connectivity index (χ2n) is 4.27. The molecule has 0 aromatic heterocycles. The van der Waals surface area contributed by atoms with Gasteiger partial charge in [0, 0.05) is 17.7 Å². The third kappa shape index (κ3) is 3.54. The number of halogens is 2. The Morgan fingerprint density at radius 2 is 2.21 bits per heavy atom. The van der Waals surface area contributed by atoms with Gasteiger partial charge in [0.15, 0.2) is 15.7 Å². The molecular formula is C12H11ClFNO3S. The van der Waals surface area contributed by atoms with Crippen molar-refractivity contribution in [2.45, 2.75) is 6.42 Å². The van der Waals surface area contributed by atoms with E-state index in [0.29, 0.717) is 0 Å². The lowest BCUT2D eigenvalue weighted by atomic mass is 10.1. The fourth-order valence-electron chi connectivity index (χ4n) is 1.81. The summed E-state index contributed by atoms with van der Waals surface area (Å²) in [6.07, 6.45) is 1.46. The van der Waals surface area contributed by atoms with E-state index in [4.69, 9.17) is 11.6 Å². The lowest BCUT2D eigenvalue weighted by molar-refractivity contribution is -0.116. The van der Waals surface area contributed by atoms with Crippen LogP contribution in [0.4, 0.5) is 10.1 Å². The minimum atomic E-state index is -3.18. The molecule has 0 aliphatic carbocycles. The van der Waals surface area contributed by atoms with Crippen molar-refractivity contribution < 1.29 is 17.6 Å². The number of amides is 1. The molecule has 1 aliphatic rings. The molecule has 1 amide bonds. The first kappa shape index (κ1) is 14.0. The third-order valence-corrected chi connectivity index (χ3v) is 4.43. The molecule has 1 aromatic rings. The van der Waals surface area contributed by atoms with E-state index in [1.807, 2.05) is 0 Å². The van der Waals surface area contributed by atoms with E-state index >= 15 is 0 Å². The van der Waals surface area contributed by atoms with Gasteiger partial charge in [0.25, 0.3) is 0 Å². The maximum atomic E-state index is 13.5. The molecule has 4 nitrogen and oxygen atoms in total. The van der Waals surface area contributed by atoms with E-state index in [0.717, 1.165) is 5.41 Å². The number of sulfone groups is 1. The molecule has 2 rings (SSSR count). The molecule has 0 bridgehead atoms. The second kappa shape index (κ2) is 5.30. The zero-order chi connectivity index (χ0) is 14.0. The quantitative estimate of drug-likeness (QED) is 0.932. The lowest BCUT2D eigenvalue weighted by Gasteiger charge is -2.09. The topological polar surface area (TPSA) is 63.2 Å². The van der Waals surface area contributed by atoms with Crippen LogP contribution < -0.4 is 5.32 Å². The number of hydrogen-bond donors (Lipinski definition) is 1. The molecule has 0 saturated carbocycles. The second-order valence-corrected chi connectivity index (χ2v) is 6.61. The molecule has 1 atom stereocenters. The summed E-state index contributed by atoms with van der Waals surface area (Å²) in [4.78, 5) is 11.7. The number of rotatable bonds is 3. The number of carbonyl (C=O) groups excluding carboxylic acids is 1. The Morgan fingerprint density at radius 3 is 2.84 bits per heavy atom. The Bertz CT molecular complexity index is 642. The highest BCUT2D eigenvalue weighted by Crippen LogP contribution is 2.23. The van der Waals surface area contributed by atoms with Gasteiger partial charge in [-0.3, -0.25) is 4.79 Å². The summed E-state index contributed by atoms with van der Waals surface area (Å²) in [6.45, 7) is 0. The minimum Gasteiger partial charge on any atom is -0.324 e. The van der Waals surface area contributed by atoms with Crippen molar-refractivity contribution >= 4 is 33.0 Å². The van der Waals surface area contributed by atoms with Crippen LogP contribution in [0.25, 0.3) is 0 Å². The van der Waals surface area contributed by atoms with Gasteiger partial charge < -0.3 is 5.32 Å². The van der Waals surface area contributed by atoms with E-state index in [9.17, 15) is 17.6 Å². The van der Waals surface area contributed by atoms with Crippen molar-refractivity contribution in [3.05, 3.63) is 40.5 Å². The van der Waals surface area contributed by atoms with Gasteiger partial charge in [-0.2, -0.15) is 0 Å². The first-order valence-corrected chi connectivity index (χ1v) is 7.61. The number of benzene rings is 1. The first-order valence-electron chi connectivity index (χ1n) is 5.52. The van der Waals surface area contributed by atoms with E-state index in [-0.39, 0.29) is 28.8 Å². The van der Waals surface area contributed by atoms with Gasteiger partial charge in [-0.1, -0.05) is 23.7 Å². The van der Waals surface area contributed by atoms with Crippen LogP contribution in [0.5, 0.6) is 0 Å². The van der Waals surface area contributed by atoms with E-state index in [1.165, 1.54) is 24.3 Å². The summed E-state index contributed by atoms with van der Waals surface area (Å²) in [6, 6.07) is 4.28. The monoisotopic (exact) mass is 303 g/mol. The zero-order valence-corrected chi connectivity index (χ0v) is 11.3. The predicted molar refractivity (Wildman–Crippen MR) is 71.1 cm³/mol. The van der Waals surface area contributed by atoms with Crippen LogP contribution in [0, 0.1) is 11.7 Å². The molecule has 1 aliphatic heterocycles.